The standard InChI is InChI=1S/C23H27F2N5O2/c1-3-31-20-11-7-10-19(21(20)32-22(24)25)14-28-23(26-2)27-12-18-13-29-30(16-18)15-17-8-5-4-6-9-17/h4-11,13,16,22H,3,12,14-15H2,1-2H3,(H2,26,27,28). The maximum absolute atomic E-state index is 12.9. The Hall–Kier alpha value is -3.62. The van der Waals surface area contributed by atoms with E-state index in [1.165, 1.54) is 5.56 Å². The smallest absolute Gasteiger partial charge is 0.387 e. The molecule has 0 aliphatic rings. The zero-order chi connectivity index (χ0) is 22.8. The third kappa shape index (κ3) is 6.69. The van der Waals surface area contributed by atoms with Gasteiger partial charge >= 0.3 is 6.61 Å². The van der Waals surface area contributed by atoms with Gasteiger partial charge in [0.2, 0.25) is 0 Å². The molecular weight excluding hydrogens is 416 g/mol. The van der Waals surface area contributed by atoms with E-state index in [9.17, 15) is 8.78 Å². The lowest BCUT2D eigenvalue weighted by Crippen LogP contribution is -2.36. The monoisotopic (exact) mass is 443 g/mol. The summed E-state index contributed by atoms with van der Waals surface area (Å²) in [6.45, 7) is 0.614. The molecule has 170 valence electrons. The molecule has 0 spiro atoms. The first kappa shape index (κ1) is 23.1. The van der Waals surface area contributed by atoms with E-state index in [1.54, 1.807) is 38.4 Å². The molecule has 2 N–H and O–H groups in total. The molecule has 32 heavy (non-hydrogen) atoms. The Labute approximate surface area is 186 Å². The van der Waals surface area contributed by atoms with Gasteiger partial charge in [0.1, 0.15) is 0 Å². The van der Waals surface area contributed by atoms with E-state index >= 15 is 0 Å². The van der Waals surface area contributed by atoms with E-state index in [4.69, 9.17) is 9.47 Å². The summed E-state index contributed by atoms with van der Waals surface area (Å²) in [5.74, 6) is 0.820. The lowest BCUT2D eigenvalue weighted by Gasteiger charge is -2.17. The van der Waals surface area contributed by atoms with Crippen molar-refractivity contribution in [3.8, 4) is 11.5 Å². The van der Waals surface area contributed by atoms with Crippen LogP contribution in [0.3, 0.4) is 0 Å². The van der Waals surface area contributed by atoms with Crippen molar-refractivity contribution in [1.82, 2.24) is 20.4 Å². The van der Waals surface area contributed by atoms with Crippen LogP contribution in [0, 0.1) is 0 Å². The number of aromatic nitrogens is 2. The highest BCUT2D eigenvalue weighted by Gasteiger charge is 2.16. The molecule has 0 amide bonds. The fraction of sp³-hybridized carbons (Fsp3) is 0.304. The molecule has 0 atom stereocenters. The van der Waals surface area contributed by atoms with Crippen LogP contribution in [0.1, 0.15) is 23.6 Å². The van der Waals surface area contributed by atoms with Crippen molar-refractivity contribution in [1.29, 1.82) is 0 Å². The van der Waals surface area contributed by atoms with Gasteiger partial charge in [-0.2, -0.15) is 13.9 Å². The van der Waals surface area contributed by atoms with E-state index in [0.29, 0.717) is 31.2 Å². The predicted octanol–water partition coefficient (Wildman–Crippen LogP) is 3.80. The van der Waals surface area contributed by atoms with Gasteiger partial charge in [0, 0.05) is 37.5 Å². The first-order valence-electron chi connectivity index (χ1n) is 10.3. The second-order valence-electron chi connectivity index (χ2n) is 6.87. The summed E-state index contributed by atoms with van der Waals surface area (Å²) in [5, 5.41) is 10.7. The van der Waals surface area contributed by atoms with E-state index in [-0.39, 0.29) is 18.0 Å². The Morgan fingerprint density at radius 2 is 1.84 bits per heavy atom. The quantitative estimate of drug-likeness (QED) is 0.368. The van der Waals surface area contributed by atoms with Crippen LogP contribution in [0.25, 0.3) is 0 Å². The van der Waals surface area contributed by atoms with Gasteiger partial charge in [-0.1, -0.05) is 42.5 Å². The number of ether oxygens (including phenoxy) is 2. The third-order valence-electron chi connectivity index (χ3n) is 4.57. The van der Waals surface area contributed by atoms with Crippen LogP contribution in [-0.2, 0) is 19.6 Å². The summed E-state index contributed by atoms with van der Waals surface area (Å²) in [6, 6.07) is 15.1. The van der Waals surface area contributed by atoms with Gasteiger partial charge in [0.15, 0.2) is 17.5 Å². The summed E-state index contributed by atoms with van der Waals surface area (Å²) in [5.41, 5.74) is 2.70. The molecule has 2 aromatic carbocycles. The highest BCUT2D eigenvalue weighted by atomic mass is 19.3. The molecule has 3 rings (SSSR count). The Balaban J connectivity index is 1.57. The van der Waals surface area contributed by atoms with Crippen LogP contribution >= 0.6 is 0 Å². The van der Waals surface area contributed by atoms with Gasteiger partial charge in [-0.25, -0.2) is 0 Å². The van der Waals surface area contributed by atoms with E-state index in [1.807, 2.05) is 29.1 Å². The SMILES string of the molecule is CCOc1cccc(CNC(=NC)NCc2cnn(Cc3ccccc3)c2)c1OC(F)F. The number of hydrogen-bond donors (Lipinski definition) is 2. The van der Waals surface area contributed by atoms with Crippen molar-refractivity contribution < 1.29 is 18.3 Å². The molecular formula is C23H27F2N5O2. The van der Waals surface area contributed by atoms with Crippen molar-refractivity contribution >= 4 is 5.96 Å². The minimum absolute atomic E-state index is 0.0227. The van der Waals surface area contributed by atoms with Crippen molar-refractivity contribution in [2.75, 3.05) is 13.7 Å². The predicted molar refractivity (Wildman–Crippen MR) is 119 cm³/mol. The zero-order valence-electron chi connectivity index (χ0n) is 18.1. The molecule has 0 bridgehead atoms. The fourth-order valence-electron chi connectivity index (χ4n) is 3.13. The Morgan fingerprint density at radius 3 is 2.56 bits per heavy atom. The highest BCUT2D eigenvalue weighted by molar-refractivity contribution is 5.79. The van der Waals surface area contributed by atoms with Gasteiger partial charge in [-0.3, -0.25) is 9.67 Å². The van der Waals surface area contributed by atoms with Crippen LogP contribution in [0.5, 0.6) is 11.5 Å². The fourth-order valence-corrected chi connectivity index (χ4v) is 3.13. The lowest BCUT2D eigenvalue weighted by atomic mass is 10.2. The van der Waals surface area contributed by atoms with E-state index in [0.717, 1.165) is 5.56 Å². The van der Waals surface area contributed by atoms with Crippen molar-refractivity contribution in [2.24, 2.45) is 4.99 Å². The number of aliphatic imine (C=N–C) groups is 1. The average molecular weight is 443 g/mol. The molecule has 7 nitrogen and oxygen atoms in total. The van der Waals surface area contributed by atoms with Crippen molar-refractivity contribution in [3.05, 3.63) is 77.6 Å². The normalized spacial score (nSPS) is 11.5. The zero-order valence-corrected chi connectivity index (χ0v) is 18.1. The second-order valence-corrected chi connectivity index (χ2v) is 6.87. The molecule has 3 aromatic rings. The molecule has 0 radical (unpaired) electrons. The summed E-state index contributed by atoms with van der Waals surface area (Å²) in [7, 11) is 1.64. The number of alkyl halides is 2. The number of nitrogens with one attached hydrogen (secondary N) is 2. The molecule has 0 fully saturated rings. The second kappa shape index (κ2) is 11.7. The molecule has 9 heteroatoms. The number of benzene rings is 2. The van der Waals surface area contributed by atoms with Crippen LogP contribution in [0.2, 0.25) is 0 Å². The van der Waals surface area contributed by atoms with E-state index < -0.39 is 6.61 Å². The maximum atomic E-state index is 12.9. The molecule has 0 saturated carbocycles. The molecule has 1 aromatic heterocycles. The average Bonchev–Trinajstić information content (AvgIpc) is 3.23. The topological polar surface area (TPSA) is 72.7 Å². The summed E-state index contributed by atoms with van der Waals surface area (Å²) < 4.78 is 37.8. The molecule has 0 saturated heterocycles. The van der Waals surface area contributed by atoms with Gasteiger partial charge in [0.05, 0.1) is 19.3 Å². The van der Waals surface area contributed by atoms with Crippen LogP contribution < -0.4 is 20.1 Å². The van der Waals surface area contributed by atoms with Gasteiger partial charge < -0.3 is 20.1 Å². The Morgan fingerprint density at radius 1 is 1.06 bits per heavy atom. The first-order valence-corrected chi connectivity index (χ1v) is 10.3. The van der Waals surface area contributed by atoms with Crippen LogP contribution in [-0.4, -0.2) is 36.0 Å². The summed E-state index contributed by atoms with van der Waals surface area (Å²) in [6.07, 6.45) is 3.76. The van der Waals surface area contributed by atoms with Gasteiger partial charge in [0.25, 0.3) is 0 Å². The van der Waals surface area contributed by atoms with Crippen LogP contribution in [0.15, 0.2) is 65.9 Å². The minimum atomic E-state index is -2.94. The third-order valence-corrected chi connectivity index (χ3v) is 4.57. The molecule has 0 aliphatic heterocycles. The highest BCUT2D eigenvalue weighted by Crippen LogP contribution is 2.32. The van der Waals surface area contributed by atoms with Gasteiger partial charge in [-0.15, -0.1) is 0 Å². The first-order chi connectivity index (χ1) is 15.6. The number of rotatable bonds is 10. The van der Waals surface area contributed by atoms with E-state index in [2.05, 4.69) is 32.9 Å². The molecule has 0 aliphatic carbocycles. The van der Waals surface area contributed by atoms with Crippen LogP contribution in [0.4, 0.5) is 8.78 Å². The van der Waals surface area contributed by atoms with Crippen molar-refractivity contribution in [3.63, 3.8) is 0 Å². The number of guanidine groups is 1. The minimum Gasteiger partial charge on any atom is -0.490 e. The Kier molecular flexibility index (Phi) is 8.42. The molecule has 0 unspecified atom stereocenters. The van der Waals surface area contributed by atoms with Gasteiger partial charge in [-0.05, 0) is 18.6 Å². The summed E-state index contributed by atoms with van der Waals surface area (Å²) >= 11 is 0. The largest absolute Gasteiger partial charge is 0.490 e. The Bertz CT molecular complexity index is 1010. The number of hydrogen-bond acceptors (Lipinski definition) is 4. The summed E-state index contributed by atoms with van der Waals surface area (Å²) in [4.78, 5) is 4.19. The van der Waals surface area contributed by atoms with Crippen molar-refractivity contribution in [2.45, 2.75) is 33.2 Å². The maximum Gasteiger partial charge on any atom is 0.387 e. The number of para-hydroxylation sites is 1. The lowest BCUT2D eigenvalue weighted by molar-refractivity contribution is -0.0520. The molecule has 1 heterocycles. The number of halogens is 2. The number of nitrogens with zero attached hydrogens (tertiary/aromatic N) is 3.